The molecule has 2 unspecified atom stereocenters. The van der Waals surface area contributed by atoms with Gasteiger partial charge in [0.25, 0.3) is 0 Å². The fourth-order valence-corrected chi connectivity index (χ4v) is 9.57. The zero-order chi connectivity index (χ0) is 22.3. The summed E-state index contributed by atoms with van der Waals surface area (Å²) in [5.74, 6) is 0.803. The maximum atomic E-state index is 12.9. The Kier molecular flexibility index (Phi) is 5.22. The van der Waals surface area contributed by atoms with Gasteiger partial charge in [0.1, 0.15) is 5.38 Å². The van der Waals surface area contributed by atoms with Gasteiger partial charge in [-0.25, -0.2) is 0 Å². The average Bonchev–Trinajstić information content (AvgIpc) is 2.96. The third-order valence-electron chi connectivity index (χ3n) is 10.0. The number of halogens is 2. The molecule has 0 aliphatic heterocycles. The molecule has 0 aromatic rings. The lowest BCUT2D eigenvalue weighted by Gasteiger charge is -2.66. The van der Waals surface area contributed by atoms with Crippen molar-refractivity contribution in [1.29, 1.82) is 0 Å². The first kappa shape index (κ1) is 22.6. The van der Waals surface area contributed by atoms with Crippen LogP contribution in [-0.2, 0) is 19.1 Å². The summed E-state index contributed by atoms with van der Waals surface area (Å²) in [7, 11) is 0. The van der Waals surface area contributed by atoms with E-state index in [1.807, 2.05) is 0 Å². The van der Waals surface area contributed by atoms with Crippen LogP contribution in [0.3, 0.4) is 0 Å². The summed E-state index contributed by atoms with van der Waals surface area (Å²) >= 11 is 14.0. The highest BCUT2D eigenvalue weighted by molar-refractivity contribution is 6.40. The Morgan fingerprint density at radius 1 is 1.03 bits per heavy atom. The van der Waals surface area contributed by atoms with Gasteiger partial charge in [0, 0.05) is 18.8 Å². The van der Waals surface area contributed by atoms with Gasteiger partial charge < -0.3 is 4.74 Å². The highest BCUT2D eigenvalue weighted by Gasteiger charge is 2.72. The second-order valence-corrected chi connectivity index (χ2v) is 12.1. The molecule has 4 nitrogen and oxygen atoms in total. The molecule has 6 heteroatoms. The van der Waals surface area contributed by atoms with Crippen LogP contribution < -0.4 is 0 Å². The first-order valence-electron chi connectivity index (χ1n) is 11.4. The van der Waals surface area contributed by atoms with Gasteiger partial charge in [0.2, 0.25) is 0 Å². The lowest BCUT2D eigenvalue weighted by Crippen LogP contribution is -2.68. The van der Waals surface area contributed by atoms with Crippen LogP contribution in [0.15, 0.2) is 0 Å². The molecule has 0 aromatic heterocycles. The van der Waals surface area contributed by atoms with Crippen LogP contribution in [-0.4, -0.2) is 33.4 Å². The van der Waals surface area contributed by atoms with E-state index in [4.69, 9.17) is 27.9 Å². The molecule has 0 radical (unpaired) electrons. The predicted octanol–water partition coefficient (Wildman–Crippen LogP) is 5.31. The van der Waals surface area contributed by atoms with Crippen molar-refractivity contribution >= 4 is 40.7 Å². The molecule has 30 heavy (non-hydrogen) atoms. The third-order valence-corrected chi connectivity index (χ3v) is 11.7. The molecule has 0 spiro atoms. The summed E-state index contributed by atoms with van der Waals surface area (Å²) in [6.45, 7) is 9.52. The maximum Gasteiger partial charge on any atom is 0.303 e. The van der Waals surface area contributed by atoms with E-state index in [1.54, 1.807) is 6.92 Å². The van der Waals surface area contributed by atoms with Crippen LogP contribution in [0.4, 0.5) is 0 Å². The summed E-state index contributed by atoms with van der Waals surface area (Å²) in [6.07, 6.45) is 5.38. The summed E-state index contributed by atoms with van der Waals surface area (Å²) < 4.78 is 5.84. The molecule has 0 aromatic carbocycles. The van der Waals surface area contributed by atoms with Gasteiger partial charge in [0.05, 0.1) is 4.87 Å². The summed E-state index contributed by atoms with van der Waals surface area (Å²) in [6, 6.07) is 0. The fourth-order valence-electron chi connectivity index (χ4n) is 8.56. The number of carbonyl (C=O) groups excluding carboxylic acids is 3. The van der Waals surface area contributed by atoms with Gasteiger partial charge >= 0.3 is 5.97 Å². The number of Topliss-reactive ketones (excluding diaryl/α,β-unsaturated/α-hetero) is 2. The Morgan fingerprint density at radius 3 is 2.23 bits per heavy atom. The van der Waals surface area contributed by atoms with E-state index < -0.39 is 15.9 Å². The Labute approximate surface area is 189 Å². The zero-order valence-corrected chi connectivity index (χ0v) is 20.2. The van der Waals surface area contributed by atoms with Crippen molar-refractivity contribution in [2.24, 2.45) is 34.5 Å². The number of carbonyl (C=O) groups is 3. The first-order chi connectivity index (χ1) is 13.8. The van der Waals surface area contributed by atoms with Crippen LogP contribution in [0.25, 0.3) is 0 Å². The van der Waals surface area contributed by atoms with Crippen molar-refractivity contribution in [2.75, 3.05) is 0 Å². The quantitative estimate of drug-likeness (QED) is 0.416. The van der Waals surface area contributed by atoms with E-state index in [9.17, 15) is 14.4 Å². The molecular formula is C24H34Cl2O4. The maximum absolute atomic E-state index is 12.9. The van der Waals surface area contributed by atoms with Crippen molar-refractivity contribution in [3.63, 3.8) is 0 Å². The number of hydrogen-bond acceptors (Lipinski definition) is 4. The lowest BCUT2D eigenvalue weighted by atomic mass is 9.42. The molecular weight excluding hydrogens is 423 g/mol. The van der Waals surface area contributed by atoms with Crippen molar-refractivity contribution < 1.29 is 19.1 Å². The van der Waals surface area contributed by atoms with Crippen LogP contribution in [0.5, 0.6) is 0 Å². The van der Waals surface area contributed by atoms with Gasteiger partial charge in [-0.05, 0) is 74.5 Å². The van der Waals surface area contributed by atoms with E-state index in [0.717, 1.165) is 32.1 Å². The number of rotatable bonds is 2. The Hall–Kier alpha value is -0.610. The number of esters is 1. The molecule has 0 N–H and O–H groups in total. The van der Waals surface area contributed by atoms with Crippen molar-refractivity contribution in [3.8, 4) is 0 Å². The second-order valence-electron chi connectivity index (χ2n) is 11.0. The molecule has 4 aliphatic rings. The Morgan fingerprint density at radius 2 is 1.63 bits per heavy atom. The van der Waals surface area contributed by atoms with E-state index >= 15 is 0 Å². The normalized spacial score (nSPS) is 52.8. The standard InChI is InChI=1S/C24H34Cl2O4/c1-13-12-16-17-7-11-23(14(2)27,30-15(3)28)21(17,4)9-6-18(16)22(5)10-8-19(29)20(25)24(13,22)26/h13,16-18,20H,6-12H2,1-5H3/t13-,16-,17-,18-,20?,21-,22+,23-,24?/m0/s1. The van der Waals surface area contributed by atoms with Gasteiger partial charge in [-0.3, -0.25) is 14.4 Å². The molecule has 4 saturated carbocycles. The van der Waals surface area contributed by atoms with Gasteiger partial charge in [-0.15, -0.1) is 23.2 Å². The van der Waals surface area contributed by atoms with E-state index in [-0.39, 0.29) is 34.3 Å². The van der Waals surface area contributed by atoms with Gasteiger partial charge in [0.15, 0.2) is 17.2 Å². The first-order valence-corrected chi connectivity index (χ1v) is 12.2. The molecule has 4 aliphatic carbocycles. The smallest absolute Gasteiger partial charge is 0.303 e. The second kappa shape index (κ2) is 6.94. The molecule has 168 valence electrons. The predicted molar refractivity (Wildman–Crippen MR) is 117 cm³/mol. The fraction of sp³-hybridized carbons (Fsp3) is 0.875. The summed E-state index contributed by atoms with van der Waals surface area (Å²) in [5, 5.41) is -0.650. The highest BCUT2D eigenvalue weighted by Crippen LogP contribution is 2.72. The zero-order valence-electron chi connectivity index (χ0n) is 18.7. The van der Waals surface area contributed by atoms with E-state index in [1.165, 1.54) is 6.92 Å². The van der Waals surface area contributed by atoms with Crippen molar-refractivity contribution in [1.82, 2.24) is 0 Å². The van der Waals surface area contributed by atoms with Crippen molar-refractivity contribution in [3.05, 3.63) is 0 Å². The third kappa shape index (κ3) is 2.56. The minimum atomic E-state index is -1.02. The molecule has 9 atom stereocenters. The lowest BCUT2D eigenvalue weighted by molar-refractivity contribution is -0.192. The minimum absolute atomic E-state index is 0.0352. The molecule has 0 bridgehead atoms. The minimum Gasteiger partial charge on any atom is -0.451 e. The van der Waals surface area contributed by atoms with Crippen LogP contribution in [0.1, 0.15) is 79.6 Å². The highest BCUT2D eigenvalue weighted by atomic mass is 35.5. The molecule has 4 fully saturated rings. The SMILES string of the molecule is CC(=O)O[C@]1(C(C)=O)CC[C@H]2[C@@H]3C[C@H](C)C4(Cl)C(Cl)C(=O)CC[C@]4(C)[C@H]3CC[C@@]21C. The molecule has 0 saturated heterocycles. The number of ketones is 2. The summed E-state index contributed by atoms with van der Waals surface area (Å²) in [5.41, 5.74) is -1.61. The van der Waals surface area contributed by atoms with Crippen molar-refractivity contribution in [2.45, 2.75) is 95.4 Å². The van der Waals surface area contributed by atoms with Crippen LogP contribution in [0, 0.1) is 34.5 Å². The number of alkyl halides is 2. The Bertz CT molecular complexity index is 798. The largest absolute Gasteiger partial charge is 0.451 e. The number of hydrogen-bond donors (Lipinski definition) is 0. The summed E-state index contributed by atoms with van der Waals surface area (Å²) in [4.78, 5) is 36.6. The molecule has 4 rings (SSSR count). The topological polar surface area (TPSA) is 60.4 Å². The number of ether oxygens (including phenoxy) is 1. The Balaban J connectivity index is 1.75. The van der Waals surface area contributed by atoms with E-state index in [2.05, 4.69) is 20.8 Å². The van der Waals surface area contributed by atoms with Gasteiger partial charge in [-0.2, -0.15) is 0 Å². The molecule has 0 amide bonds. The van der Waals surface area contributed by atoms with Gasteiger partial charge in [-0.1, -0.05) is 20.8 Å². The molecule has 0 heterocycles. The average molecular weight is 457 g/mol. The number of fused-ring (bicyclic) bond motifs is 5. The van der Waals surface area contributed by atoms with Crippen LogP contribution in [0.2, 0.25) is 0 Å². The monoisotopic (exact) mass is 456 g/mol. The van der Waals surface area contributed by atoms with E-state index in [0.29, 0.717) is 30.6 Å². The van der Waals surface area contributed by atoms with Crippen LogP contribution >= 0.6 is 23.2 Å².